The number of halogens is 1. The Morgan fingerprint density at radius 1 is 1.21 bits per heavy atom. The number of carbonyl (C=O) groups is 1. The van der Waals surface area contributed by atoms with Gasteiger partial charge in [0.2, 0.25) is 15.9 Å². The summed E-state index contributed by atoms with van der Waals surface area (Å²) < 4.78 is 42.3. The Balaban J connectivity index is 2.17. The number of aryl methyl sites for hydroxylation is 1. The summed E-state index contributed by atoms with van der Waals surface area (Å²) in [5.41, 5.74) is -2.30. The average molecular weight is 485 g/mol. The molecule has 1 amide bonds. The van der Waals surface area contributed by atoms with Gasteiger partial charge in [-0.2, -0.15) is 15.0 Å². The van der Waals surface area contributed by atoms with Crippen molar-refractivity contribution in [3.63, 3.8) is 0 Å². The van der Waals surface area contributed by atoms with E-state index in [0.29, 0.717) is 19.6 Å². The predicted octanol–water partition coefficient (Wildman–Crippen LogP) is 1.26. The zero-order valence-electron chi connectivity index (χ0n) is 18.3. The second-order valence-electron chi connectivity index (χ2n) is 7.21. The summed E-state index contributed by atoms with van der Waals surface area (Å²) in [7, 11) is -3.08. The maximum atomic E-state index is 14.8. The highest BCUT2D eigenvalue weighted by Crippen LogP contribution is 2.29. The van der Waals surface area contributed by atoms with E-state index in [0.717, 1.165) is 24.9 Å². The maximum absolute atomic E-state index is 14.8. The summed E-state index contributed by atoms with van der Waals surface area (Å²) in [4.78, 5) is 37.2. The molecule has 0 aliphatic heterocycles. The number of amides is 1. The molecule has 0 unspecified atom stereocenters. The van der Waals surface area contributed by atoms with E-state index in [-0.39, 0.29) is 12.8 Å². The Morgan fingerprint density at radius 2 is 1.88 bits per heavy atom. The summed E-state index contributed by atoms with van der Waals surface area (Å²) in [5, 5.41) is 13.2. The van der Waals surface area contributed by atoms with E-state index in [2.05, 4.69) is 5.10 Å². The number of benzene rings is 2. The Bertz CT molecular complexity index is 1510. The molecule has 0 atom stereocenters. The molecule has 3 rings (SSSR count). The topological polar surface area (TPSA) is 135 Å². The fourth-order valence-corrected chi connectivity index (χ4v) is 4.29. The third-order valence-corrected chi connectivity index (χ3v) is 6.74. The van der Waals surface area contributed by atoms with Crippen LogP contribution in [0.5, 0.6) is 0 Å². The average Bonchev–Trinajstić information content (AvgIpc) is 2.83. The first kappa shape index (κ1) is 24.5. The minimum atomic E-state index is -4.24. The van der Waals surface area contributed by atoms with Crippen LogP contribution in [0.4, 0.5) is 10.1 Å². The van der Waals surface area contributed by atoms with Crippen LogP contribution in [0, 0.1) is 17.1 Å². The minimum Gasteiger partial charge on any atom is -0.273 e. The number of nitrogens with zero attached hydrogens (tertiary/aromatic N) is 5. The first-order chi connectivity index (χ1) is 16.1. The number of nitriles is 1. The molecule has 10 nitrogen and oxygen atoms in total. The van der Waals surface area contributed by atoms with Gasteiger partial charge in [0.15, 0.2) is 5.82 Å². The fraction of sp³-hybridized carbons (Fsp3) is 0.227. The first-order valence-corrected chi connectivity index (χ1v) is 11.7. The lowest BCUT2D eigenvalue weighted by molar-refractivity contribution is -0.117. The zero-order valence-corrected chi connectivity index (χ0v) is 19.1. The van der Waals surface area contributed by atoms with E-state index in [9.17, 15) is 32.5 Å². The second-order valence-corrected chi connectivity index (χ2v) is 9.32. The Hall–Kier alpha value is -4.11. The predicted molar refractivity (Wildman–Crippen MR) is 121 cm³/mol. The highest BCUT2D eigenvalue weighted by Gasteiger charge is 2.31. The van der Waals surface area contributed by atoms with Crippen LogP contribution < -0.4 is 15.6 Å². The molecule has 0 radical (unpaired) electrons. The molecule has 176 valence electrons. The van der Waals surface area contributed by atoms with Crippen molar-refractivity contribution in [2.24, 2.45) is 7.05 Å². The molecule has 0 N–H and O–H groups in total. The van der Waals surface area contributed by atoms with Gasteiger partial charge < -0.3 is 0 Å². The van der Waals surface area contributed by atoms with Crippen molar-refractivity contribution in [1.29, 1.82) is 5.26 Å². The summed E-state index contributed by atoms with van der Waals surface area (Å²) in [5.74, 6) is -2.38. The number of hydrogen-bond donors (Lipinski definition) is 0. The monoisotopic (exact) mass is 485 g/mol. The van der Waals surface area contributed by atoms with Crippen molar-refractivity contribution in [3.05, 3.63) is 86.4 Å². The highest BCUT2D eigenvalue weighted by molar-refractivity contribution is 7.93. The molecule has 12 heteroatoms. The Kier molecular flexibility index (Phi) is 7.07. The molecular formula is C22H20FN5O5S. The molecule has 0 fully saturated rings. The molecular weight excluding hydrogens is 465 g/mol. The van der Waals surface area contributed by atoms with E-state index >= 15 is 0 Å². The lowest BCUT2D eigenvalue weighted by atomic mass is 10.1. The van der Waals surface area contributed by atoms with Gasteiger partial charge in [-0.1, -0.05) is 30.3 Å². The quantitative estimate of drug-likeness (QED) is 0.491. The third kappa shape index (κ3) is 4.79. The molecule has 0 spiro atoms. The van der Waals surface area contributed by atoms with Crippen LogP contribution in [0.2, 0.25) is 0 Å². The normalized spacial score (nSPS) is 11.1. The van der Waals surface area contributed by atoms with Crippen molar-refractivity contribution in [2.75, 3.05) is 10.1 Å². The molecule has 0 saturated heterocycles. The molecule has 0 aliphatic carbocycles. The van der Waals surface area contributed by atoms with Gasteiger partial charge in [-0.05, 0) is 31.0 Å². The van der Waals surface area contributed by atoms with Gasteiger partial charge in [0.25, 0.3) is 5.56 Å². The molecule has 2 aromatic carbocycles. The number of anilines is 1. The van der Waals surface area contributed by atoms with Crippen LogP contribution in [0.3, 0.4) is 0 Å². The van der Waals surface area contributed by atoms with Crippen LogP contribution in [0.25, 0.3) is 5.69 Å². The summed E-state index contributed by atoms with van der Waals surface area (Å²) in [6.07, 6.45) is 0.802. The molecule has 1 aromatic heterocycles. The number of hydrogen-bond acceptors (Lipinski definition) is 7. The molecule has 3 aromatic rings. The molecule has 0 saturated carbocycles. The van der Waals surface area contributed by atoms with Crippen LogP contribution in [0.1, 0.15) is 24.5 Å². The standard InChI is InChI=1S/C22H20FN5O5S/c1-3-34(32,33)28(20(29)10-9-15-7-5-4-6-8-15)18-12-19(17(23)11-16(18)13-24)27-22(31)26(2)21(30)14-25-27/h4-8,11-12,14H,3,9-10H2,1-2H3. The second kappa shape index (κ2) is 9.80. The van der Waals surface area contributed by atoms with Gasteiger partial charge in [-0.25, -0.2) is 21.9 Å². The third-order valence-electron chi connectivity index (χ3n) is 5.05. The highest BCUT2D eigenvalue weighted by atomic mass is 32.2. The Morgan fingerprint density at radius 3 is 2.50 bits per heavy atom. The van der Waals surface area contributed by atoms with E-state index in [1.165, 1.54) is 6.92 Å². The van der Waals surface area contributed by atoms with Crippen molar-refractivity contribution in [2.45, 2.75) is 19.8 Å². The number of carbonyl (C=O) groups excluding carboxylic acids is 1. The Labute approximate surface area is 194 Å². The van der Waals surface area contributed by atoms with Crippen molar-refractivity contribution in [1.82, 2.24) is 14.3 Å². The lowest BCUT2D eigenvalue weighted by Crippen LogP contribution is -2.40. The van der Waals surface area contributed by atoms with Gasteiger partial charge in [-0.15, -0.1) is 0 Å². The summed E-state index contributed by atoms with van der Waals surface area (Å²) in [6, 6.07) is 12.2. The maximum Gasteiger partial charge on any atom is 0.352 e. The van der Waals surface area contributed by atoms with E-state index < -0.39 is 55.7 Å². The van der Waals surface area contributed by atoms with Crippen LogP contribution >= 0.6 is 0 Å². The van der Waals surface area contributed by atoms with Crippen LogP contribution in [-0.4, -0.2) is 34.4 Å². The number of rotatable bonds is 7. The van der Waals surface area contributed by atoms with Crippen molar-refractivity contribution in [3.8, 4) is 11.8 Å². The molecule has 0 aliphatic rings. The van der Waals surface area contributed by atoms with E-state index in [4.69, 9.17) is 0 Å². The number of aromatic nitrogens is 3. The van der Waals surface area contributed by atoms with Gasteiger partial charge in [0.1, 0.15) is 18.0 Å². The van der Waals surface area contributed by atoms with Gasteiger partial charge in [0.05, 0.1) is 17.0 Å². The van der Waals surface area contributed by atoms with Gasteiger partial charge >= 0.3 is 5.69 Å². The zero-order chi connectivity index (χ0) is 25.0. The van der Waals surface area contributed by atoms with Crippen molar-refractivity contribution < 1.29 is 17.6 Å². The smallest absolute Gasteiger partial charge is 0.273 e. The van der Waals surface area contributed by atoms with Crippen molar-refractivity contribution >= 4 is 21.6 Å². The van der Waals surface area contributed by atoms with Crippen LogP contribution in [0.15, 0.2) is 58.3 Å². The largest absolute Gasteiger partial charge is 0.352 e. The van der Waals surface area contributed by atoms with Gasteiger partial charge in [-0.3, -0.25) is 14.2 Å². The minimum absolute atomic E-state index is 0.209. The summed E-state index contributed by atoms with van der Waals surface area (Å²) >= 11 is 0. The first-order valence-electron chi connectivity index (χ1n) is 10.1. The lowest BCUT2D eigenvalue weighted by Gasteiger charge is -2.24. The SMILES string of the molecule is CCS(=O)(=O)N(C(=O)CCc1ccccc1)c1cc(-n2ncc(=O)n(C)c2=O)c(F)cc1C#N. The molecule has 1 heterocycles. The molecule has 0 bridgehead atoms. The number of sulfonamides is 1. The summed E-state index contributed by atoms with van der Waals surface area (Å²) in [6.45, 7) is 1.32. The van der Waals surface area contributed by atoms with Gasteiger partial charge in [0, 0.05) is 13.5 Å². The van der Waals surface area contributed by atoms with Crippen LogP contribution in [-0.2, 0) is 28.3 Å². The van der Waals surface area contributed by atoms with E-state index in [1.807, 2.05) is 0 Å². The molecule has 34 heavy (non-hydrogen) atoms. The van der Waals surface area contributed by atoms with E-state index in [1.54, 1.807) is 36.4 Å². The fourth-order valence-electron chi connectivity index (χ4n) is 3.18.